The van der Waals surface area contributed by atoms with Gasteiger partial charge in [-0.15, -0.1) is 22.0 Å². The van der Waals surface area contributed by atoms with Gasteiger partial charge in [0, 0.05) is 16.8 Å². The van der Waals surface area contributed by atoms with E-state index in [-0.39, 0.29) is 17.3 Å². The van der Waals surface area contributed by atoms with E-state index in [1.165, 1.54) is 53.2 Å². The summed E-state index contributed by atoms with van der Waals surface area (Å²) < 4.78 is 15.7. The summed E-state index contributed by atoms with van der Waals surface area (Å²) in [7, 11) is 1.80. The molecule has 0 saturated heterocycles. The molecule has 0 radical (unpaired) electrons. The number of aliphatic carboxylic acids is 1. The van der Waals surface area contributed by atoms with Crippen molar-refractivity contribution in [1.29, 1.82) is 0 Å². The van der Waals surface area contributed by atoms with Gasteiger partial charge in [-0.3, -0.25) is 14.9 Å². The van der Waals surface area contributed by atoms with Crippen molar-refractivity contribution in [2.45, 2.75) is 24.2 Å². The number of anilines is 1. The zero-order chi connectivity index (χ0) is 24.1. The molecule has 3 heterocycles. The van der Waals surface area contributed by atoms with E-state index in [1.807, 2.05) is 0 Å². The topological polar surface area (TPSA) is 123 Å². The zero-order valence-electron chi connectivity index (χ0n) is 17.3. The van der Waals surface area contributed by atoms with Crippen LogP contribution in [0.1, 0.15) is 10.5 Å². The lowest BCUT2D eigenvalue weighted by molar-refractivity contribution is -0.133. The Kier molecular flexibility index (Phi) is 7.82. The average molecular weight is 535 g/mol. The molecule has 4 rings (SSSR count). The number of aromatic nitrogens is 5. The molecule has 14 heteroatoms. The Morgan fingerprint density at radius 2 is 1.97 bits per heavy atom. The van der Waals surface area contributed by atoms with Crippen LogP contribution in [-0.2, 0) is 11.8 Å². The summed E-state index contributed by atoms with van der Waals surface area (Å²) >= 11 is 4.83. The number of hydrogen-bond donors (Lipinski definition) is 2. The van der Waals surface area contributed by atoms with Crippen LogP contribution < -0.4 is 5.32 Å². The number of thioether (sulfide) groups is 1. The Labute approximate surface area is 209 Å². The van der Waals surface area contributed by atoms with Gasteiger partial charge in [-0.1, -0.05) is 23.1 Å². The van der Waals surface area contributed by atoms with E-state index in [9.17, 15) is 14.0 Å². The van der Waals surface area contributed by atoms with Gasteiger partial charge in [-0.25, -0.2) is 14.4 Å². The number of carbonyl (C=O) groups excluding carboxylic acids is 1. The molecule has 0 atom stereocenters. The van der Waals surface area contributed by atoms with Crippen molar-refractivity contribution in [1.82, 2.24) is 24.7 Å². The third-order valence-corrected chi connectivity index (χ3v) is 8.14. The first-order chi connectivity index (χ1) is 16.4. The molecule has 34 heavy (non-hydrogen) atoms. The minimum atomic E-state index is -0.937. The number of rotatable bonds is 9. The Hall–Kier alpha value is -2.94. The summed E-state index contributed by atoms with van der Waals surface area (Å²) in [6.45, 7) is 0. The van der Waals surface area contributed by atoms with Gasteiger partial charge in [0.2, 0.25) is 0 Å². The van der Waals surface area contributed by atoms with E-state index < -0.39 is 11.9 Å². The average Bonchev–Trinajstić information content (AvgIpc) is 3.43. The molecule has 9 nitrogen and oxygen atoms in total. The molecule has 0 aliphatic carbocycles. The van der Waals surface area contributed by atoms with Crippen LogP contribution in [0.25, 0.3) is 0 Å². The Morgan fingerprint density at radius 3 is 2.68 bits per heavy atom. The number of nitrogens with one attached hydrogen (secondary N) is 1. The van der Waals surface area contributed by atoms with Gasteiger partial charge in [0.25, 0.3) is 5.91 Å². The highest BCUT2D eigenvalue weighted by molar-refractivity contribution is 8.01. The molecule has 0 aliphatic heterocycles. The molecule has 1 amide bonds. The van der Waals surface area contributed by atoms with E-state index in [1.54, 1.807) is 42.2 Å². The predicted octanol–water partition coefficient (Wildman–Crippen LogP) is 4.54. The first-order valence-electron chi connectivity index (χ1n) is 9.45. The zero-order valence-corrected chi connectivity index (χ0v) is 20.6. The van der Waals surface area contributed by atoms with Crippen LogP contribution in [0, 0.1) is 5.82 Å². The summed E-state index contributed by atoms with van der Waals surface area (Å²) in [5.74, 6) is -1.87. The number of benzene rings is 1. The van der Waals surface area contributed by atoms with Gasteiger partial charge in [-0.05, 0) is 48.2 Å². The minimum Gasteiger partial charge on any atom is -0.481 e. The third-order valence-electron chi connectivity index (χ3n) is 4.00. The molecule has 3 aromatic heterocycles. The second-order valence-corrected chi connectivity index (χ2v) is 10.9. The van der Waals surface area contributed by atoms with Crippen molar-refractivity contribution in [3.8, 4) is 0 Å². The lowest BCUT2D eigenvalue weighted by atomic mass is 10.3. The Bertz CT molecular complexity index is 1330. The number of halogens is 1. The monoisotopic (exact) mass is 534 g/mol. The SMILES string of the molecule is Cn1cnnc1Sc1ccc(Sc2ccc(F)cc2)c(C(=O)Nc2ncc(SCC(=O)O)s2)n1. The molecular formula is C20H15FN6O3S4. The summed E-state index contributed by atoms with van der Waals surface area (Å²) in [5.41, 5.74) is 0.163. The summed E-state index contributed by atoms with van der Waals surface area (Å²) in [6.07, 6.45) is 3.08. The number of pyridine rings is 1. The molecule has 1 aromatic carbocycles. The number of thiazole rings is 1. The molecule has 0 saturated carbocycles. The summed E-state index contributed by atoms with van der Waals surface area (Å²) in [6, 6.07) is 9.48. The maximum absolute atomic E-state index is 13.3. The van der Waals surface area contributed by atoms with E-state index in [0.29, 0.717) is 24.4 Å². The van der Waals surface area contributed by atoms with Crippen LogP contribution in [0.2, 0.25) is 0 Å². The largest absolute Gasteiger partial charge is 0.481 e. The van der Waals surface area contributed by atoms with Crippen molar-refractivity contribution in [2.75, 3.05) is 11.1 Å². The highest BCUT2D eigenvalue weighted by Gasteiger charge is 2.19. The normalized spacial score (nSPS) is 10.9. The highest BCUT2D eigenvalue weighted by atomic mass is 32.2. The fraction of sp³-hybridized carbons (Fsp3) is 0.100. The third kappa shape index (κ3) is 6.34. The van der Waals surface area contributed by atoms with E-state index in [4.69, 9.17) is 5.11 Å². The van der Waals surface area contributed by atoms with Crippen molar-refractivity contribution in [3.05, 3.63) is 60.4 Å². The Balaban J connectivity index is 1.59. The maximum Gasteiger partial charge on any atom is 0.313 e. The summed E-state index contributed by atoms with van der Waals surface area (Å²) in [4.78, 5) is 33.9. The van der Waals surface area contributed by atoms with Crippen LogP contribution >= 0.6 is 46.6 Å². The van der Waals surface area contributed by atoms with Crippen molar-refractivity contribution in [2.24, 2.45) is 7.05 Å². The lowest BCUT2D eigenvalue weighted by Crippen LogP contribution is -2.15. The van der Waals surface area contributed by atoms with Crippen LogP contribution in [0.4, 0.5) is 9.52 Å². The number of amides is 1. The molecule has 174 valence electrons. The molecule has 0 aliphatic rings. The maximum atomic E-state index is 13.3. The van der Waals surface area contributed by atoms with Gasteiger partial charge in [0.15, 0.2) is 10.3 Å². The molecule has 0 fully saturated rings. The number of hydrogen-bond acceptors (Lipinski definition) is 10. The van der Waals surface area contributed by atoms with Crippen molar-refractivity contribution in [3.63, 3.8) is 0 Å². The number of carboxylic acid groups (broad SMARTS) is 1. The van der Waals surface area contributed by atoms with Gasteiger partial charge in [-0.2, -0.15) is 0 Å². The first-order valence-corrected chi connectivity index (χ1v) is 12.9. The molecule has 0 spiro atoms. The van der Waals surface area contributed by atoms with Crippen LogP contribution in [0.3, 0.4) is 0 Å². The number of aryl methyl sites for hydroxylation is 1. The summed E-state index contributed by atoms with van der Waals surface area (Å²) in [5, 5.41) is 20.9. The smallest absolute Gasteiger partial charge is 0.313 e. The van der Waals surface area contributed by atoms with E-state index in [0.717, 1.165) is 16.7 Å². The van der Waals surface area contributed by atoms with Crippen molar-refractivity contribution >= 4 is 63.6 Å². The molecule has 0 unspecified atom stereocenters. The number of carbonyl (C=O) groups is 2. The number of nitrogens with zero attached hydrogens (tertiary/aromatic N) is 5. The first kappa shape index (κ1) is 24.2. The quantitative estimate of drug-likeness (QED) is 0.296. The molecule has 4 aromatic rings. The van der Waals surface area contributed by atoms with Crippen LogP contribution in [0.5, 0.6) is 0 Å². The van der Waals surface area contributed by atoms with E-state index in [2.05, 4.69) is 25.5 Å². The fourth-order valence-electron chi connectivity index (χ4n) is 2.49. The van der Waals surface area contributed by atoms with Crippen LogP contribution in [-0.4, -0.2) is 47.5 Å². The number of carboxylic acids is 1. The fourth-order valence-corrected chi connectivity index (χ4v) is 5.72. The van der Waals surface area contributed by atoms with Gasteiger partial charge in [0.05, 0.1) is 16.2 Å². The standard InChI is InChI=1S/C20H15FN6O3S4/c1-27-10-23-26-20(27)33-14-7-6-13(32-12-4-2-11(21)3-5-12)17(24-14)18(30)25-19-22-8-16(34-19)31-9-15(28)29/h2-8,10H,9H2,1H3,(H,28,29)(H,22,25,30). The predicted molar refractivity (Wildman–Crippen MR) is 128 cm³/mol. The van der Waals surface area contributed by atoms with Crippen molar-refractivity contribution < 1.29 is 19.1 Å². The van der Waals surface area contributed by atoms with E-state index >= 15 is 0 Å². The second-order valence-electron chi connectivity index (χ2n) is 6.50. The lowest BCUT2D eigenvalue weighted by Gasteiger charge is -2.10. The highest BCUT2D eigenvalue weighted by Crippen LogP contribution is 2.34. The minimum absolute atomic E-state index is 0.100. The van der Waals surface area contributed by atoms with Gasteiger partial charge >= 0.3 is 5.97 Å². The molecule has 2 N–H and O–H groups in total. The Morgan fingerprint density at radius 1 is 1.18 bits per heavy atom. The van der Waals surface area contributed by atoms with Gasteiger partial charge < -0.3 is 9.67 Å². The second kappa shape index (κ2) is 11.0. The molecule has 0 bridgehead atoms. The van der Waals surface area contributed by atoms with Gasteiger partial charge in [0.1, 0.15) is 22.9 Å². The molecular weight excluding hydrogens is 520 g/mol. The van der Waals surface area contributed by atoms with Crippen LogP contribution in [0.15, 0.2) is 73.1 Å².